The number of aryl methyl sites for hydroxylation is 2. The summed E-state index contributed by atoms with van der Waals surface area (Å²) in [5, 5.41) is 14.2. The first-order valence-electron chi connectivity index (χ1n) is 9.10. The Balaban J connectivity index is 1.39. The molecular formula is C20H22N4OS2. The Kier molecular flexibility index (Phi) is 5.31. The number of carbonyl (C=O) groups is 1. The Morgan fingerprint density at radius 3 is 2.96 bits per heavy atom. The van der Waals surface area contributed by atoms with E-state index in [9.17, 15) is 4.79 Å². The van der Waals surface area contributed by atoms with Gasteiger partial charge in [0, 0.05) is 24.0 Å². The molecule has 0 radical (unpaired) electrons. The Hall–Kier alpha value is -2.12. The Morgan fingerprint density at radius 2 is 2.15 bits per heavy atom. The van der Waals surface area contributed by atoms with Crippen LogP contribution in [0.2, 0.25) is 0 Å². The van der Waals surface area contributed by atoms with Crippen molar-refractivity contribution < 1.29 is 4.79 Å². The molecule has 1 aliphatic carbocycles. The second-order valence-corrected chi connectivity index (χ2v) is 9.14. The van der Waals surface area contributed by atoms with Gasteiger partial charge in [0.25, 0.3) is 0 Å². The second-order valence-electron chi connectivity index (χ2n) is 6.80. The number of nitrogens with zero attached hydrogens (tertiary/aromatic N) is 3. The summed E-state index contributed by atoms with van der Waals surface area (Å²) in [5.41, 5.74) is 3.65. The highest BCUT2D eigenvalue weighted by Gasteiger charge is 2.20. The largest absolute Gasteiger partial charge is 0.325 e. The molecule has 2 aromatic heterocycles. The molecule has 1 aliphatic rings. The average molecular weight is 399 g/mol. The van der Waals surface area contributed by atoms with Crippen LogP contribution in [-0.2, 0) is 31.1 Å². The maximum Gasteiger partial charge on any atom is 0.237 e. The van der Waals surface area contributed by atoms with Crippen molar-refractivity contribution in [1.29, 1.82) is 0 Å². The van der Waals surface area contributed by atoms with Crippen LogP contribution in [0.1, 0.15) is 35.2 Å². The van der Waals surface area contributed by atoms with Crippen LogP contribution in [0.5, 0.6) is 0 Å². The normalized spacial score (nSPS) is 14.1. The molecule has 4 rings (SSSR count). The summed E-state index contributed by atoms with van der Waals surface area (Å²) in [4.78, 5) is 13.9. The van der Waals surface area contributed by atoms with Gasteiger partial charge in [0.1, 0.15) is 5.82 Å². The monoisotopic (exact) mass is 398 g/mol. The lowest BCUT2D eigenvalue weighted by Crippen LogP contribution is -2.23. The maximum absolute atomic E-state index is 12.6. The van der Waals surface area contributed by atoms with Crippen molar-refractivity contribution in [3.63, 3.8) is 0 Å². The number of hydrogen-bond donors (Lipinski definition) is 1. The first-order valence-corrected chi connectivity index (χ1v) is 10.9. The van der Waals surface area contributed by atoms with Crippen LogP contribution >= 0.6 is 23.1 Å². The number of benzene rings is 1. The zero-order chi connectivity index (χ0) is 18.8. The van der Waals surface area contributed by atoms with E-state index in [0.717, 1.165) is 35.9 Å². The Labute approximate surface area is 167 Å². The van der Waals surface area contributed by atoms with Gasteiger partial charge in [-0.15, -0.1) is 21.5 Å². The number of nitrogens with one attached hydrogen (secondary N) is 1. The molecule has 3 aromatic rings. The number of aromatic nitrogens is 3. The molecule has 1 N–H and O–H groups in total. The summed E-state index contributed by atoms with van der Waals surface area (Å²) < 4.78 is 1.98. The number of rotatable bonds is 6. The quantitative estimate of drug-likeness (QED) is 0.636. The molecule has 0 saturated heterocycles. The van der Waals surface area contributed by atoms with Crippen molar-refractivity contribution in [2.75, 3.05) is 5.32 Å². The molecule has 1 aromatic carbocycles. The number of thiophene rings is 1. The van der Waals surface area contributed by atoms with Crippen LogP contribution < -0.4 is 5.32 Å². The first-order chi connectivity index (χ1) is 13.1. The van der Waals surface area contributed by atoms with Gasteiger partial charge in [-0.3, -0.25) is 4.79 Å². The van der Waals surface area contributed by atoms with Gasteiger partial charge < -0.3 is 9.88 Å². The fourth-order valence-corrected chi connectivity index (χ4v) is 4.81. The number of hydrogen-bond acceptors (Lipinski definition) is 5. The first kappa shape index (κ1) is 18.3. The summed E-state index contributed by atoms with van der Waals surface area (Å²) in [6.07, 6.45) is 4.22. The SMILES string of the molecule is C[C@H](Sc1nnc(Cc2cccs2)n1C)C(=O)Nc1ccc2c(c1)CCC2. The fourth-order valence-electron chi connectivity index (χ4n) is 3.28. The minimum atomic E-state index is -0.254. The highest BCUT2D eigenvalue weighted by Crippen LogP contribution is 2.27. The smallest absolute Gasteiger partial charge is 0.237 e. The third-order valence-electron chi connectivity index (χ3n) is 4.85. The lowest BCUT2D eigenvalue weighted by Gasteiger charge is -2.12. The average Bonchev–Trinajstić information content (AvgIpc) is 3.39. The van der Waals surface area contributed by atoms with Gasteiger partial charge in [-0.25, -0.2) is 0 Å². The molecule has 5 nitrogen and oxygen atoms in total. The number of amides is 1. The van der Waals surface area contributed by atoms with E-state index in [1.165, 1.54) is 34.2 Å². The van der Waals surface area contributed by atoms with Crippen LogP contribution in [-0.4, -0.2) is 25.9 Å². The summed E-state index contributed by atoms with van der Waals surface area (Å²) in [7, 11) is 1.95. The third-order valence-corrected chi connectivity index (χ3v) is 6.87. The van der Waals surface area contributed by atoms with Crippen molar-refractivity contribution in [2.24, 2.45) is 7.05 Å². The van der Waals surface area contributed by atoms with E-state index >= 15 is 0 Å². The van der Waals surface area contributed by atoms with E-state index in [-0.39, 0.29) is 11.2 Å². The van der Waals surface area contributed by atoms with Crippen LogP contribution in [0.15, 0.2) is 40.9 Å². The highest BCUT2D eigenvalue weighted by atomic mass is 32.2. The molecule has 140 valence electrons. The van der Waals surface area contributed by atoms with Crippen molar-refractivity contribution in [3.8, 4) is 0 Å². The van der Waals surface area contributed by atoms with E-state index in [0.29, 0.717) is 0 Å². The molecule has 2 heterocycles. The Bertz CT molecular complexity index is 949. The summed E-state index contributed by atoms with van der Waals surface area (Å²) in [5.74, 6) is 0.895. The molecule has 0 spiro atoms. The molecule has 7 heteroatoms. The van der Waals surface area contributed by atoms with Gasteiger partial charge in [0.2, 0.25) is 5.91 Å². The van der Waals surface area contributed by atoms with Crippen LogP contribution in [0.3, 0.4) is 0 Å². The van der Waals surface area contributed by atoms with Gasteiger partial charge in [-0.1, -0.05) is 23.9 Å². The highest BCUT2D eigenvalue weighted by molar-refractivity contribution is 8.00. The van der Waals surface area contributed by atoms with Gasteiger partial charge in [-0.2, -0.15) is 0 Å². The summed E-state index contributed by atoms with van der Waals surface area (Å²) >= 11 is 3.15. The lowest BCUT2D eigenvalue weighted by atomic mass is 10.1. The van der Waals surface area contributed by atoms with E-state index < -0.39 is 0 Å². The van der Waals surface area contributed by atoms with Gasteiger partial charge in [-0.05, 0) is 60.9 Å². The van der Waals surface area contributed by atoms with E-state index in [1.807, 2.05) is 30.7 Å². The standard InChI is InChI=1S/C20H22N4OS2/c1-13(19(25)21-16-9-8-14-5-3-6-15(14)11-16)27-20-23-22-18(24(20)2)12-17-7-4-10-26-17/h4,7-11,13H,3,5-6,12H2,1-2H3,(H,21,25)/t13-/m0/s1. The molecular weight excluding hydrogens is 376 g/mol. The number of anilines is 1. The van der Waals surface area contributed by atoms with E-state index in [2.05, 4.69) is 39.1 Å². The van der Waals surface area contributed by atoms with Crippen molar-refractivity contribution in [1.82, 2.24) is 14.8 Å². The van der Waals surface area contributed by atoms with Gasteiger partial charge in [0.15, 0.2) is 5.16 Å². The molecule has 1 atom stereocenters. The van der Waals surface area contributed by atoms with Crippen LogP contribution in [0, 0.1) is 0 Å². The van der Waals surface area contributed by atoms with Crippen LogP contribution in [0.25, 0.3) is 0 Å². The summed E-state index contributed by atoms with van der Waals surface area (Å²) in [6, 6.07) is 10.4. The zero-order valence-electron chi connectivity index (χ0n) is 15.4. The predicted octanol–water partition coefficient (Wildman–Crippen LogP) is 4.08. The third kappa shape index (κ3) is 4.09. The maximum atomic E-state index is 12.6. The van der Waals surface area contributed by atoms with E-state index in [1.54, 1.807) is 11.3 Å². The van der Waals surface area contributed by atoms with E-state index in [4.69, 9.17) is 0 Å². The molecule has 0 saturated carbocycles. The minimum absolute atomic E-state index is 0.0132. The fraction of sp³-hybridized carbons (Fsp3) is 0.350. The number of thioether (sulfide) groups is 1. The van der Waals surface area contributed by atoms with Gasteiger partial charge >= 0.3 is 0 Å². The molecule has 0 fully saturated rings. The van der Waals surface area contributed by atoms with Crippen LogP contribution in [0.4, 0.5) is 5.69 Å². The molecule has 27 heavy (non-hydrogen) atoms. The van der Waals surface area contributed by atoms with Crippen molar-refractivity contribution >= 4 is 34.7 Å². The summed E-state index contributed by atoms with van der Waals surface area (Å²) in [6.45, 7) is 1.90. The Morgan fingerprint density at radius 1 is 1.30 bits per heavy atom. The molecule has 0 unspecified atom stereocenters. The minimum Gasteiger partial charge on any atom is -0.325 e. The second kappa shape index (κ2) is 7.86. The molecule has 1 amide bonds. The number of fused-ring (bicyclic) bond motifs is 1. The predicted molar refractivity (Wildman–Crippen MR) is 111 cm³/mol. The number of carbonyl (C=O) groups excluding carboxylic acids is 1. The molecule has 0 bridgehead atoms. The lowest BCUT2D eigenvalue weighted by molar-refractivity contribution is -0.115. The van der Waals surface area contributed by atoms with Crippen molar-refractivity contribution in [2.45, 2.75) is 43.0 Å². The molecule has 0 aliphatic heterocycles. The van der Waals surface area contributed by atoms with Gasteiger partial charge in [0.05, 0.1) is 5.25 Å². The van der Waals surface area contributed by atoms with Crippen molar-refractivity contribution in [3.05, 3.63) is 57.5 Å². The topological polar surface area (TPSA) is 59.8 Å². The zero-order valence-corrected chi connectivity index (χ0v) is 17.1.